The van der Waals surface area contributed by atoms with Crippen molar-refractivity contribution in [3.8, 4) is 0 Å². The van der Waals surface area contributed by atoms with Crippen LogP contribution in [0.4, 0.5) is 4.39 Å². The number of likely N-dealkylation sites (tertiary alicyclic amines) is 1. The first kappa shape index (κ1) is 20.2. The highest BCUT2D eigenvalue weighted by atomic mass is 32.2. The molecule has 1 aromatic rings. The van der Waals surface area contributed by atoms with Gasteiger partial charge in [-0.3, -0.25) is 4.79 Å². The van der Waals surface area contributed by atoms with Crippen molar-refractivity contribution in [2.75, 3.05) is 26.7 Å². The van der Waals surface area contributed by atoms with Crippen molar-refractivity contribution in [1.29, 1.82) is 0 Å². The summed E-state index contributed by atoms with van der Waals surface area (Å²) in [6.45, 7) is 3.09. The van der Waals surface area contributed by atoms with Crippen LogP contribution in [-0.4, -0.2) is 56.8 Å². The van der Waals surface area contributed by atoms with Crippen molar-refractivity contribution >= 4 is 28.6 Å². The third kappa shape index (κ3) is 4.72. The van der Waals surface area contributed by atoms with Gasteiger partial charge in [0.1, 0.15) is 16.8 Å². The van der Waals surface area contributed by atoms with E-state index >= 15 is 0 Å². The molecule has 2 rings (SSSR count). The number of halogens is 1. The molecule has 1 fully saturated rings. The van der Waals surface area contributed by atoms with E-state index in [1.165, 1.54) is 12.1 Å². The molecular formula is C16H23FN2O4S2. The van der Waals surface area contributed by atoms with Crippen LogP contribution < -0.4 is 4.72 Å². The number of benzene rings is 1. The Morgan fingerprint density at radius 2 is 2.00 bits per heavy atom. The Morgan fingerprint density at radius 1 is 1.40 bits per heavy atom. The summed E-state index contributed by atoms with van der Waals surface area (Å²) in [6, 6.07) is 3.82. The summed E-state index contributed by atoms with van der Waals surface area (Å²) >= 11 is 4.62. The molecule has 1 saturated heterocycles. The lowest BCUT2D eigenvalue weighted by Gasteiger charge is -2.41. The molecule has 140 valence electrons. The minimum atomic E-state index is -4.24. The molecule has 0 amide bonds. The predicted molar refractivity (Wildman–Crippen MR) is 95.6 cm³/mol. The molecule has 1 N–H and O–H groups in total. The van der Waals surface area contributed by atoms with Crippen molar-refractivity contribution in [2.45, 2.75) is 35.4 Å². The van der Waals surface area contributed by atoms with Crippen LogP contribution in [0, 0.1) is 5.82 Å². The smallest absolute Gasteiger partial charge is 0.325 e. The second kappa shape index (κ2) is 8.03. The highest BCUT2D eigenvalue weighted by molar-refractivity contribution is 7.89. The maximum Gasteiger partial charge on any atom is 0.325 e. The minimum Gasteiger partial charge on any atom is -0.465 e. The zero-order valence-electron chi connectivity index (χ0n) is 14.2. The summed E-state index contributed by atoms with van der Waals surface area (Å²) < 4.78 is 45.6. The monoisotopic (exact) mass is 390 g/mol. The summed E-state index contributed by atoms with van der Waals surface area (Å²) in [7, 11) is -2.30. The van der Waals surface area contributed by atoms with Gasteiger partial charge in [0.05, 0.1) is 6.61 Å². The molecule has 0 saturated carbocycles. The van der Waals surface area contributed by atoms with E-state index in [4.69, 9.17) is 4.74 Å². The number of nitrogens with one attached hydrogen (secondary N) is 1. The van der Waals surface area contributed by atoms with Gasteiger partial charge >= 0.3 is 5.97 Å². The number of rotatable bonds is 6. The number of ether oxygens (including phenoxy) is 1. The average molecular weight is 391 g/mol. The highest BCUT2D eigenvalue weighted by Crippen LogP contribution is 2.33. The lowest BCUT2D eigenvalue weighted by molar-refractivity contribution is -0.146. The number of piperidine rings is 1. The van der Waals surface area contributed by atoms with Gasteiger partial charge in [-0.2, -0.15) is 17.4 Å². The second-order valence-electron chi connectivity index (χ2n) is 6.14. The number of thiol groups is 1. The standard InChI is InChI=1S/C16H23FN2O4S2/c1-3-23-15(20)14(16(24)8-10-19(2)11-9-16)18-25(21,22)13-7-5-4-6-12(13)17/h4-7,14,18,24H,3,8-11H2,1-2H3. The zero-order chi connectivity index (χ0) is 18.7. The Balaban J connectivity index is 2.33. The number of nitrogens with zero attached hydrogens (tertiary/aromatic N) is 1. The van der Waals surface area contributed by atoms with Gasteiger partial charge in [0.2, 0.25) is 10.0 Å². The molecule has 0 aromatic heterocycles. The van der Waals surface area contributed by atoms with Gasteiger partial charge < -0.3 is 9.64 Å². The van der Waals surface area contributed by atoms with E-state index in [-0.39, 0.29) is 6.61 Å². The quantitative estimate of drug-likeness (QED) is 0.568. The topological polar surface area (TPSA) is 75.7 Å². The molecule has 0 radical (unpaired) electrons. The van der Waals surface area contributed by atoms with Crippen LogP contribution in [0.25, 0.3) is 0 Å². The number of sulfonamides is 1. The Labute approximate surface area is 153 Å². The molecule has 1 aliphatic rings. The molecule has 0 bridgehead atoms. The zero-order valence-corrected chi connectivity index (χ0v) is 15.9. The molecular weight excluding hydrogens is 367 g/mol. The SMILES string of the molecule is CCOC(=O)C(NS(=O)(=O)c1ccccc1F)C1(S)CCN(C)CC1. The van der Waals surface area contributed by atoms with Crippen molar-refractivity contribution in [3.05, 3.63) is 30.1 Å². The van der Waals surface area contributed by atoms with Gasteiger partial charge in [0.15, 0.2) is 0 Å². The first-order valence-electron chi connectivity index (χ1n) is 8.04. The normalized spacial score (nSPS) is 19.4. The highest BCUT2D eigenvalue weighted by Gasteiger charge is 2.45. The fourth-order valence-electron chi connectivity index (χ4n) is 2.78. The van der Waals surface area contributed by atoms with Crippen molar-refractivity contribution in [3.63, 3.8) is 0 Å². The van der Waals surface area contributed by atoms with Crippen LogP contribution in [0.2, 0.25) is 0 Å². The summed E-state index contributed by atoms with van der Waals surface area (Å²) in [5.41, 5.74) is 0. The maximum absolute atomic E-state index is 13.9. The van der Waals surface area contributed by atoms with E-state index < -0.39 is 37.5 Å². The van der Waals surface area contributed by atoms with Crippen molar-refractivity contribution < 1.29 is 22.3 Å². The van der Waals surface area contributed by atoms with E-state index in [0.717, 1.165) is 12.1 Å². The second-order valence-corrected chi connectivity index (χ2v) is 8.72. The molecule has 9 heteroatoms. The van der Waals surface area contributed by atoms with Crippen LogP contribution in [0.15, 0.2) is 29.2 Å². The third-order valence-electron chi connectivity index (χ3n) is 4.31. The van der Waals surface area contributed by atoms with E-state index in [1.54, 1.807) is 6.92 Å². The van der Waals surface area contributed by atoms with Crippen molar-refractivity contribution in [2.24, 2.45) is 0 Å². The van der Waals surface area contributed by atoms with Crippen LogP contribution in [0.3, 0.4) is 0 Å². The summed E-state index contributed by atoms with van der Waals surface area (Å²) in [6.07, 6.45) is 0.992. The Kier molecular flexibility index (Phi) is 6.47. The van der Waals surface area contributed by atoms with Crippen LogP contribution >= 0.6 is 12.6 Å². The Morgan fingerprint density at radius 3 is 2.56 bits per heavy atom. The lowest BCUT2D eigenvalue weighted by Crippen LogP contribution is -2.58. The third-order valence-corrected chi connectivity index (χ3v) is 6.47. The molecule has 6 nitrogen and oxygen atoms in total. The van der Waals surface area contributed by atoms with Gasteiger partial charge in [0, 0.05) is 4.75 Å². The molecule has 25 heavy (non-hydrogen) atoms. The average Bonchev–Trinajstić information content (AvgIpc) is 2.56. The summed E-state index contributed by atoms with van der Waals surface area (Å²) in [5, 5.41) is 0. The fraction of sp³-hybridized carbons (Fsp3) is 0.562. The van der Waals surface area contributed by atoms with E-state index in [9.17, 15) is 17.6 Å². The van der Waals surface area contributed by atoms with E-state index in [2.05, 4.69) is 22.3 Å². The lowest BCUT2D eigenvalue weighted by atomic mass is 9.89. The van der Waals surface area contributed by atoms with E-state index in [0.29, 0.717) is 25.9 Å². The number of esters is 1. The molecule has 1 heterocycles. The van der Waals surface area contributed by atoms with Gasteiger partial charge in [-0.1, -0.05) is 12.1 Å². The number of hydrogen-bond acceptors (Lipinski definition) is 6. The summed E-state index contributed by atoms with van der Waals surface area (Å²) in [5.74, 6) is -1.59. The fourth-order valence-corrected chi connectivity index (χ4v) is 4.58. The summed E-state index contributed by atoms with van der Waals surface area (Å²) in [4.78, 5) is 14.0. The Hall–Kier alpha value is -1.16. The van der Waals surface area contributed by atoms with Crippen LogP contribution in [0.1, 0.15) is 19.8 Å². The van der Waals surface area contributed by atoms with E-state index in [1.807, 2.05) is 7.05 Å². The van der Waals surface area contributed by atoms with Gasteiger partial charge in [0.25, 0.3) is 0 Å². The molecule has 1 aromatic carbocycles. The molecule has 0 aliphatic carbocycles. The molecule has 1 aliphatic heterocycles. The minimum absolute atomic E-state index is 0.112. The maximum atomic E-state index is 13.9. The first-order valence-corrected chi connectivity index (χ1v) is 9.97. The molecule has 0 spiro atoms. The van der Waals surface area contributed by atoms with Crippen LogP contribution in [0.5, 0.6) is 0 Å². The predicted octanol–water partition coefficient (Wildman–Crippen LogP) is 1.43. The number of hydrogen-bond donors (Lipinski definition) is 2. The van der Waals surface area contributed by atoms with Gasteiger partial charge in [-0.05, 0) is 52.0 Å². The number of carbonyl (C=O) groups is 1. The largest absolute Gasteiger partial charge is 0.465 e. The van der Waals surface area contributed by atoms with Crippen molar-refractivity contribution in [1.82, 2.24) is 9.62 Å². The van der Waals surface area contributed by atoms with Gasteiger partial charge in [-0.15, -0.1) is 0 Å². The van der Waals surface area contributed by atoms with Crippen LogP contribution in [-0.2, 0) is 19.6 Å². The number of carbonyl (C=O) groups excluding carboxylic acids is 1. The molecule has 1 unspecified atom stereocenters. The Bertz CT molecular complexity index is 719. The van der Waals surface area contributed by atoms with Gasteiger partial charge in [-0.25, -0.2) is 12.8 Å². The molecule has 1 atom stereocenters. The first-order chi connectivity index (χ1) is 11.7.